The van der Waals surface area contributed by atoms with E-state index in [1.807, 2.05) is 0 Å². The van der Waals surface area contributed by atoms with Gasteiger partial charge in [-0.05, 0) is 53.6 Å². The number of nitrogens with two attached hydrogens (primary N) is 1. The van der Waals surface area contributed by atoms with Crippen LogP contribution in [-0.4, -0.2) is 50.8 Å². The van der Waals surface area contributed by atoms with Gasteiger partial charge in [0.2, 0.25) is 11.8 Å². The van der Waals surface area contributed by atoms with Crippen molar-refractivity contribution in [2.24, 2.45) is 29.4 Å². The van der Waals surface area contributed by atoms with Crippen LogP contribution in [0.4, 0.5) is 5.69 Å². The van der Waals surface area contributed by atoms with Gasteiger partial charge in [-0.1, -0.05) is 18.2 Å². The van der Waals surface area contributed by atoms with Crippen molar-refractivity contribution in [3.8, 4) is 16.9 Å². The second-order valence-electron chi connectivity index (χ2n) is 9.98. The number of anilines is 1. The molecule has 10 heteroatoms. The molecule has 0 spiro atoms. The van der Waals surface area contributed by atoms with Gasteiger partial charge in [-0.3, -0.25) is 28.8 Å². The molecule has 0 heterocycles. The normalized spacial score (nSPS) is 28.7. The van der Waals surface area contributed by atoms with E-state index < -0.39 is 58.3 Å². The maximum atomic E-state index is 13.6. The molecule has 5 rings (SSSR count). The summed E-state index contributed by atoms with van der Waals surface area (Å²) in [5.74, 6) is -10.7. The Bertz CT molecular complexity index is 1410. The van der Waals surface area contributed by atoms with Crippen molar-refractivity contribution in [2.75, 3.05) is 5.32 Å². The van der Waals surface area contributed by atoms with Crippen LogP contribution in [0, 0.1) is 23.7 Å². The largest absolute Gasteiger partial charge is 0.507 e. The molecule has 2 aromatic carbocycles. The van der Waals surface area contributed by atoms with Gasteiger partial charge in [0.25, 0.3) is 0 Å². The van der Waals surface area contributed by atoms with Gasteiger partial charge in [-0.15, -0.1) is 0 Å². The van der Waals surface area contributed by atoms with Crippen LogP contribution in [0.1, 0.15) is 35.7 Å². The van der Waals surface area contributed by atoms with Crippen molar-refractivity contribution in [3.05, 3.63) is 47.5 Å². The number of fused-ring (bicyclic) bond motifs is 3. The van der Waals surface area contributed by atoms with Crippen LogP contribution in [0.5, 0.6) is 5.75 Å². The number of nitrogens with one attached hydrogen (secondary N) is 1. The topological polar surface area (TPSA) is 181 Å². The highest BCUT2D eigenvalue weighted by atomic mass is 16.3. The van der Waals surface area contributed by atoms with E-state index >= 15 is 0 Å². The standard InChI is InChI=1S/C27H24N2O8/c1-11(30)29-15-4-2-12(3-5-15)16-6-7-18(31)21-17(16)9-13-8-14-10-19(32)22(26(28)36)25(35)27(14,37)24(34)20(13)23(21)33/h2-7,13-14,20,22,31,37H,8-10H2,1H3,(H2,28,36)(H,29,30)/t13-,14+,20?,22?,27+/m1/s1. The van der Waals surface area contributed by atoms with Gasteiger partial charge in [0.05, 0.1) is 11.5 Å². The summed E-state index contributed by atoms with van der Waals surface area (Å²) < 4.78 is 0. The first-order valence-corrected chi connectivity index (χ1v) is 11.8. The van der Waals surface area contributed by atoms with Gasteiger partial charge in [0, 0.05) is 24.9 Å². The lowest BCUT2D eigenvalue weighted by Crippen LogP contribution is -2.68. The number of carbonyl (C=O) groups is 6. The molecule has 0 bridgehead atoms. The van der Waals surface area contributed by atoms with Gasteiger partial charge in [0.15, 0.2) is 34.7 Å². The van der Waals surface area contributed by atoms with Crippen LogP contribution < -0.4 is 11.1 Å². The first-order chi connectivity index (χ1) is 17.4. The molecule has 2 fully saturated rings. The lowest BCUT2D eigenvalue weighted by Gasteiger charge is -2.48. The van der Waals surface area contributed by atoms with Gasteiger partial charge >= 0.3 is 0 Å². The summed E-state index contributed by atoms with van der Waals surface area (Å²) >= 11 is 0. The van der Waals surface area contributed by atoms with E-state index in [2.05, 4.69) is 5.32 Å². The number of primary amides is 1. The van der Waals surface area contributed by atoms with Crippen molar-refractivity contribution in [1.82, 2.24) is 0 Å². The molecule has 5 N–H and O–H groups in total. The number of ketones is 4. The van der Waals surface area contributed by atoms with Crippen molar-refractivity contribution in [2.45, 2.75) is 31.8 Å². The minimum absolute atomic E-state index is 0.0254. The molecule has 3 aliphatic carbocycles. The molecule has 37 heavy (non-hydrogen) atoms. The molecule has 2 amide bonds. The number of aliphatic hydroxyl groups is 1. The number of Topliss-reactive ketones (excluding diaryl/α,β-unsaturated/α-hetero) is 4. The average Bonchev–Trinajstić information content (AvgIpc) is 2.81. The number of hydrogen-bond acceptors (Lipinski definition) is 8. The molecule has 10 nitrogen and oxygen atoms in total. The number of rotatable bonds is 3. The van der Waals surface area contributed by atoms with E-state index in [1.54, 1.807) is 30.3 Å². The van der Waals surface area contributed by atoms with Crippen LogP contribution in [0.3, 0.4) is 0 Å². The fraction of sp³-hybridized carbons (Fsp3) is 0.333. The highest BCUT2D eigenvalue weighted by Gasteiger charge is 2.66. The minimum atomic E-state index is -2.67. The van der Waals surface area contributed by atoms with Gasteiger partial charge < -0.3 is 21.3 Å². The Morgan fingerprint density at radius 3 is 2.30 bits per heavy atom. The lowest BCUT2D eigenvalue weighted by atomic mass is 9.53. The summed E-state index contributed by atoms with van der Waals surface area (Å²) in [7, 11) is 0. The predicted molar refractivity (Wildman–Crippen MR) is 128 cm³/mol. The van der Waals surface area contributed by atoms with E-state index in [0.717, 1.165) is 0 Å². The smallest absolute Gasteiger partial charge is 0.235 e. The van der Waals surface area contributed by atoms with Gasteiger partial charge in [-0.2, -0.15) is 0 Å². The molecular weight excluding hydrogens is 480 g/mol. The molecule has 3 aliphatic rings. The van der Waals surface area contributed by atoms with E-state index in [0.29, 0.717) is 22.4 Å². The fourth-order valence-corrected chi connectivity index (χ4v) is 6.17. The predicted octanol–water partition coefficient (Wildman–Crippen LogP) is 0.952. The number of phenolic OH excluding ortho intramolecular Hbond substituents is 1. The van der Waals surface area contributed by atoms with E-state index in [9.17, 15) is 39.0 Å². The quantitative estimate of drug-likeness (QED) is 0.446. The number of hydrogen-bond donors (Lipinski definition) is 4. The van der Waals surface area contributed by atoms with Crippen molar-refractivity contribution in [1.29, 1.82) is 0 Å². The first kappa shape index (κ1) is 24.5. The number of aromatic hydroxyl groups is 1. The van der Waals surface area contributed by atoms with Crippen LogP contribution in [0.2, 0.25) is 0 Å². The summed E-state index contributed by atoms with van der Waals surface area (Å²) in [4.78, 5) is 75.7. The second-order valence-corrected chi connectivity index (χ2v) is 9.98. The summed E-state index contributed by atoms with van der Waals surface area (Å²) in [5.41, 5.74) is 4.91. The average molecular weight is 504 g/mol. The maximum absolute atomic E-state index is 13.6. The minimum Gasteiger partial charge on any atom is -0.507 e. The molecule has 2 aromatic rings. The van der Waals surface area contributed by atoms with E-state index in [4.69, 9.17) is 5.73 Å². The van der Waals surface area contributed by atoms with E-state index in [-0.39, 0.29) is 36.5 Å². The molecule has 0 radical (unpaired) electrons. The Morgan fingerprint density at radius 1 is 1.00 bits per heavy atom. The van der Waals surface area contributed by atoms with Crippen LogP contribution in [0.15, 0.2) is 36.4 Å². The van der Waals surface area contributed by atoms with Crippen molar-refractivity contribution in [3.63, 3.8) is 0 Å². The van der Waals surface area contributed by atoms with Crippen LogP contribution in [-0.2, 0) is 30.4 Å². The maximum Gasteiger partial charge on any atom is 0.235 e. The molecule has 2 unspecified atom stereocenters. The number of benzene rings is 2. The Labute approximate surface area is 210 Å². The van der Waals surface area contributed by atoms with Gasteiger partial charge in [0.1, 0.15) is 5.75 Å². The third-order valence-electron chi connectivity index (χ3n) is 7.80. The Balaban J connectivity index is 1.56. The van der Waals surface area contributed by atoms with Crippen molar-refractivity contribution < 1.29 is 39.0 Å². The fourth-order valence-electron chi connectivity index (χ4n) is 6.17. The molecule has 0 saturated heterocycles. The zero-order valence-corrected chi connectivity index (χ0v) is 19.8. The molecule has 5 atom stereocenters. The summed E-state index contributed by atoms with van der Waals surface area (Å²) in [6, 6.07) is 9.89. The zero-order valence-electron chi connectivity index (χ0n) is 19.8. The number of amides is 2. The lowest BCUT2D eigenvalue weighted by molar-refractivity contribution is -0.175. The Hall–Kier alpha value is -4.18. The third kappa shape index (κ3) is 3.59. The van der Waals surface area contributed by atoms with Crippen LogP contribution >= 0.6 is 0 Å². The Morgan fingerprint density at radius 2 is 1.68 bits per heavy atom. The van der Waals surface area contributed by atoms with Crippen LogP contribution in [0.25, 0.3) is 11.1 Å². The molecule has 0 aromatic heterocycles. The highest BCUT2D eigenvalue weighted by molar-refractivity contribution is 6.31. The van der Waals surface area contributed by atoms with E-state index in [1.165, 1.54) is 13.0 Å². The van der Waals surface area contributed by atoms with Gasteiger partial charge in [-0.25, -0.2) is 0 Å². The monoisotopic (exact) mass is 504 g/mol. The summed E-state index contributed by atoms with van der Waals surface area (Å²) in [6.45, 7) is 1.39. The zero-order chi connectivity index (χ0) is 26.8. The molecule has 2 saturated carbocycles. The Kier molecular flexibility index (Phi) is 5.60. The number of carbonyl (C=O) groups excluding carboxylic acids is 6. The molecule has 190 valence electrons. The first-order valence-electron chi connectivity index (χ1n) is 11.8. The molecule has 0 aliphatic heterocycles. The highest BCUT2D eigenvalue weighted by Crippen LogP contribution is 2.51. The van der Waals surface area contributed by atoms with Crippen molar-refractivity contribution >= 4 is 40.6 Å². The second kappa shape index (κ2) is 8.45. The molecular formula is C27H24N2O8. The third-order valence-corrected chi connectivity index (χ3v) is 7.80. The SMILES string of the molecule is CC(=O)Nc1ccc(-c2ccc(O)c3c2C[C@H]2C[C@H]4CC(=O)C(C(N)=O)C(=O)[C@@]4(O)C(=O)C2C3=O)cc1. The summed E-state index contributed by atoms with van der Waals surface area (Å²) in [5, 5.41) is 24.5. The summed E-state index contributed by atoms with van der Waals surface area (Å²) in [6.07, 6.45) is -0.177. The number of phenols is 1.